The fraction of sp³-hybridized carbons (Fsp3) is 0.765. The highest BCUT2D eigenvalue weighted by molar-refractivity contribution is 5.85. The maximum atomic E-state index is 12.9. The number of carbonyl (C=O) groups excluding carboxylic acids is 1. The smallest absolute Gasteiger partial charge is 0.373 e. The molecular formula is C17H24F3N3O2. The zero-order chi connectivity index (χ0) is 18.2. The third-order valence-electron chi connectivity index (χ3n) is 5.54. The van der Waals surface area contributed by atoms with Crippen LogP contribution in [0.15, 0.2) is 12.3 Å². The van der Waals surface area contributed by atoms with Crippen LogP contribution in [0.25, 0.3) is 0 Å². The maximum Gasteiger partial charge on any atom is 0.426 e. The molecule has 1 saturated carbocycles. The summed E-state index contributed by atoms with van der Waals surface area (Å²) in [5, 5.41) is 14.0. The van der Waals surface area contributed by atoms with E-state index in [4.69, 9.17) is 0 Å². The van der Waals surface area contributed by atoms with E-state index < -0.39 is 17.7 Å². The van der Waals surface area contributed by atoms with Crippen LogP contribution in [-0.2, 0) is 4.79 Å². The van der Waals surface area contributed by atoms with Crippen LogP contribution in [0.4, 0.5) is 13.2 Å². The molecule has 2 aliphatic rings. The van der Waals surface area contributed by atoms with Gasteiger partial charge in [0.1, 0.15) is 0 Å². The molecule has 0 aromatic carbocycles. The summed E-state index contributed by atoms with van der Waals surface area (Å²) in [6.45, 7) is 0.952. The van der Waals surface area contributed by atoms with Gasteiger partial charge >= 0.3 is 6.18 Å². The highest BCUT2D eigenvalue weighted by Gasteiger charge is 2.57. The summed E-state index contributed by atoms with van der Waals surface area (Å²) < 4.78 is 40.6. The average Bonchev–Trinajstić information content (AvgIpc) is 3.24. The molecule has 1 aliphatic heterocycles. The van der Waals surface area contributed by atoms with E-state index in [-0.39, 0.29) is 19.0 Å². The van der Waals surface area contributed by atoms with Crippen molar-refractivity contribution in [2.24, 2.45) is 0 Å². The van der Waals surface area contributed by atoms with E-state index in [0.717, 1.165) is 23.4 Å². The SMILES string of the molecule is C[C@@](O)(C(=O)N1CCC(c2ccnn2C2CCCC2)CC1)C(F)(F)F. The number of halogens is 3. The molecule has 1 N–H and O–H groups in total. The van der Waals surface area contributed by atoms with Gasteiger partial charge in [-0.05, 0) is 38.7 Å². The average molecular weight is 359 g/mol. The summed E-state index contributed by atoms with van der Waals surface area (Å²) >= 11 is 0. The minimum absolute atomic E-state index is 0.183. The van der Waals surface area contributed by atoms with E-state index >= 15 is 0 Å². The van der Waals surface area contributed by atoms with Crippen LogP contribution in [-0.4, -0.2) is 50.6 Å². The van der Waals surface area contributed by atoms with E-state index in [1.165, 1.54) is 12.8 Å². The van der Waals surface area contributed by atoms with Crippen molar-refractivity contribution in [3.05, 3.63) is 18.0 Å². The maximum absolute atomic E-state index is 12.9. The summed E-state index contributed by atoms with van der Waals surface area (Å²) in [4.78, 5) is 13.2. The Labute approximate surface area is 144 Å². The number of rotatable bonds is 3. The zero-order valence-corrected chi connectivity index (χ0v) is 14.3. The highest BCUT2D eigenvalue weighted by atomic mass is 19.4. The first kappa shape index (κ1) is 18.2. The Balaban J connectivity index is 1.65. The van der Waals surface area contributed by atoms with Crippen molar-refractivity contribution in [3.63, 3.8) is 0 Å². The molecule has 1 saturated heterocycles. The Morgan fingerprint density at radius 2 is 1.80 bits per heavy atom. The Bertz CT molecular complexity index is 613. The summed E-state index contributed by atoms with van der Waals surface area (Å²) in [5.41, 5.74) is -2.22. The second-order valence-corrected chi connectivity index (χ2v) is 7.28. The molecule has 2 fully saturated rings. The van der Waals surface area contributed by atoms with E-state index in [0.29, 0.717) is 25.8 Å². The van der Waals surface area contributed by atoms with E-state index in [1.807, 2.05) is 6.07 Å². The molecule has 5 nitrogen and oxygen atoms in total. The van der Waals surface area contributed by atoms with Gasteiger partial charge in [0.25, 0.3) is 5.91 Å². The fourth-order valence-corrected chi connectivity index (χ4v) is 3.91. The number of piperidine rings is 1. The van der Waals surface area contributed by atoms with Gasteiger partial charge in [0.2, 0.25) is 5.60 Å². The number of hydrogen-bond donors (Lipinski definition) is 1. The molecule has 25 heavy (non-hydrogen) atoms. The van der Waals surface area contributed by atoms with Gasteiger partial charge in [-0.2, -0.15) is 18.3 Å². The Hall–Kier alpha value is -1.57. The second-order valence-electron chi connectivity index (χ2n) is 7.28. The highest BCUT2D eigenvalue weighted by Crippen LogP contribution is 2.36. The van der Waals surface area contributed by atoms with Crippen molar-refractivity contribution < 1.29 is 23.1 Å². The molecule has 1 atom stereocenters. The largest absolute Gasteiger partial charge is 0.426 e. The van der Waals surface area contributed by atoms with Gasteiger partial charge in [-0.1, -0.05) is 12.8 Å². The summed E-state index contributed by atoms with van der Waals surface area (Å²) in [6.07, 6.45) is 2.59. The number of carbonyl (C=O) groups is 1. The molecule has 1 aromatic heterocycles. The summed E-state index contributed by atoms with van der Waals surface area (Å²) in [5.74, 6) is -1.08. The molecule has 140 valence electrons. The fourth-order valence-electron chi connectivity index (χ4n) is 3.91. The Morgan fingerprint density at radius 3 is 2.36 bits per heavy atom. The van der Waals surface area contributed by atoms with E-state index in [9.17, 15) is 23.1 Å². The van der Waals surface area contributed by atoms with Crippen molar-refractivity contribution >= 4 is 5.91 Å². The Kier molecular flexibility index (Phi) is 4.83. The first-order chi connectivity index (χ1) is 11.7. The Morgan fingerprint density at radius 1 is 1.20 bits per heavy atom. The monoisotopic (exact) mass is 359 g/mol. The number of aliphatic hydroxyl groups is 1. The van der Waals surface area contributed by atoms with Gasteiger partial charge in [-0.25, -0.2) is 0 Å². The number of aromatic nitrogens is 2. The van der Waals surface area contributed by atoms with Gasteiger partial charge in [0, 0.05) is 30.9 Å². The molecule has 1 aliphatic carbocycles. The normalized spacial score (nSPS) is 23.0. The lowest BCUT2D eigenvalue weighted by atomic mass is 9.91. The predicted molar refractivity (Wildman–Crippen MR) is 85.0 cm³/mol. The van der Waals surface area contributed by atoms with Crippen LogP contribution in [0.2, 0.25) is 0 Å². The van der Waals surface area contributed by atoms with Crippen molar-refractivity contribution in [3.8, 4) is 0 Å². The first-order valence-electron chi connectivity index (χ1n) is 8.83. The number of alkyl halides is 3. The molecule has 8 heteroatoms. The van der Waals surface area contributed by atoms with Gasteiger partial charge in [0.05, 0.1) is 6.04 Å². The molecule has 0 bridgehead atoms. The quantitative estimate of drug-likeness (QED) is 0.903. The van der Waals surface area contributed by atoms with Crippen LogP contribution in [0, 0.1) is 0 Å². The summed E-state index contributed by atoms with van der Waals surface area (Å²) in [6, 6.07) is 2.39. The lowest BCUT2D eigenvalue weighted by molar-refractivity contribution is -0.250. The van der Waals surface area contributed by atoms with Crippen molar-refractivity contribution in [1.82, 2.24) is 14.7 Å². The minimum atomic E-state index is -4.97. The zero-order valence-electron chi connectivity index (χ0n) is 14.3. The third kappa shape index (κ3) is 3.41. The van der Waals surface area contributed by atoms with Crippen LogP contribution in [0.3, 0.4) is 0 Å². The van der Waals surface area contributed by atoms with Crippen molar-refractivity contribution in [2.45, 2.75) is 69.2 Å². The molecule has 0 spiro atoms. The van der Waals surface area contributed by atoms with Crippen LogP contribution < -0.4 is 0 Å². The van der Waals surface area contributed by atoms with Gasteiger partial charge in [-0.3, -0.25) is 9.48 Å². The molecule has 1 amide bonds. The van der Waals surface area contributed by atoms with Crippen LogP contribution in [0.5, 0.6) is 0 Å². The van der Waals surface area contributed by atoms with Crippen LogP contribution >= 0.6 is 0 Å². The van der Waals surface area contributed by atoms with E-state index in [1.54, 1.807) is 6.20 Å². The molecule has 0 radical (unpaired) electrons. The third-order valence-corrected chi connectivity index (χ3v) is 5.54. The van der Waals surface area contributed by atoms with Gasteiger partial charge in [-0.15, -0.1) is 0 Å². The molecule has 1 aromatic rings. The molecule has 3 rings (SSSR count). The number of amides is 1. The lowest BCUT2D eigenvalue weighted by Crippen LogP contribution is -2.57. The first-order valence-corrected chi connectivity index (χ1v) is 8.83. The predicted octanol–water partition coefficient (Wildman–Crippen LogP) is 3.02. The number of nitrogens with zero attached hydrogens (tertiary/aromatic N) is 3. The molecule has 0 unspecified atom stereocenters. The standard InChI is InChI=1S/C17H24F3N3O2/c1-16(25,17(18,19)20)15(24)22-10-7-12(8-11-22)14-6-9-21-23(14)13-4-2-3-5-13/h6,9,12-13,25H,2-5,7-8,10-11H2,1H3/t16-/m1/s1. The van der Waals surface area contributed by atoms with Gasteiger partial charge < -0.3 is 10.0 Å². The minimum Gasteiger partial charge on any atom is -0.373 e. The van der Waals surface area contributed by atoms with Crippen molar-refractivity contribution in [1.29, 1.82) is 0 Å². The summed E-state index contributed by atoms with van der Waals surface area (Å²) in [7, 11) is 0. The molecule has 2 heterocycles. The van der Waals surface area contributed by atoms with E-state index in [2.05, 4.69) is 9.78 Å². The topological polar surface area (TPSA) is 58.4 Å². The number of hydrogen-bond acceptors (Lipinski definition) is 3. The van der Waals surface area contributed by atoms with Gasteiger partial charge in [0.15, 0.2) is 0 Å². The number of likely N-dealkylation sites (tertiary alicyclic amines) is 1. The van der Waals surface area contributed by atoms with Crippen molar-refractivity contribution in [2.75, 3.05) is 13.1 Å². The lowest BCUT2D eigenvalue weighted by Gasteiger charge is -2.37. The second kappa shape index (κ2) is 6.63. The van der Waals surface area contributed by atoms with Crippen LogP contribution in [0.1, 0.15) is 63.1 Å². The molecular weight excluding hydrogens is 335 g/mol.